The Balaban J connectivity index is 1.45. The van der Waals surface area contributed by atoms with E-state index in [1.165, 1.54) is 22.0 Å². The molecule has 1 aromatic carbocycles. The molecule has 1 unspecified atom stereocenters. The zero-order valence-electron chi connectivity index (χ0n) is 14.7. The zero-order valence-corrected chi connectivity index (χ0v) is 14.7. The van der Waals surface area contributed by atoms with Gasteiger partial charge in [-0.05, 0) is 25.0 Å². The van der Waals surface area contributed by atoms with Crippen LogP contribution in [0, 0.1) is 0 Å². The fraction of sp³-hybridized carbons (Fsp3) is 0.450. The number of carbonyl (C=O) groups is 1. The highest BCUT2D eigenvalue weighted by atomic mass is 16.5. The molecule has 1 aromatic heterocycles. The number of nitrogens with one attached hydrogen (secondary N) is 1. The number of H-pyrrole nitrogens is 1. The van der Waals surface area contributed by atoms with E-state index in [0.717, 1.165) is 19.5 Å². The van der Waals surface area contributed by atoms with Crippen LogP contribution in [0.2, 0.25) is 0 Å². The maximum absolute atomic E-state index is 12.7. The van der Waals surface area contributed by atoms with Crippen molar-refractivity contribution < 1.29 is 9.53 Å². The van der Waals surface area contributed by atoms with Crippen LogP contribution in [0.15, 0.2) is 36.5 Å². The van der Waals surface area contributed by atoms with Crippen LogP contribution in [-0.2, 0) is 9.53 Å². The molecular formula is C20H25N3O2. The fourth-order valence-corrected chi connectivity index (χ4v) is 3.82. The third kappa shape index (κ3) is 3.22. The maximum atomic E-state index is 12.7. The molecule has 1 amide bonds. The molecule has 2 aliphatic rings. The summed E-state index contributed by atoms with van der Waals surface area (Å²) in [4.78, 5) is 20.3. The summed E-state index contributed by atoms with van der Waals surface area (Å²) in [6.45, 7) is 6.52. The third-order valence-corrected chi connectivity index (χ3v) is 5.40. The van der Waals surface area contributed by atoms with E-state index in [-0.39, 0.29) is 11.9 Å². The number of amides is 1. The first-order valence-corrected chi connectivity index (χ1v) is 9.10. The van der Waals surface area contributed by atoms with E-state index in [0.29, 0.717) is 26.3 Å². The fourth-order valence-electron chi connectivity index (χ4n) is 3.82. The lowest BCUT2D eigenvalue weighted by atomic mass is 9.98. The number of nitrogens with zero attached hydrogens (tertiary/aromatic N) is 2. The van der Waals surface area contributed by atoms with E-state index in [2.05, 4.69) is 46.4 Å². The summed E-state index contributed by atoms with van der Waals surface area (Å²) in [5, 5.41) is 1.28. The number of morpholine rings is 1. The molecule has 1 saturated heterocycles. The summed E-state index contributed by atoms with van der Waals surface area (Å²) in [7, 11) is 0. The Kier molecular flexibility index (Phi) is 4.59. The van der Waals surface area contributed by atoms with Gasteiger partial charge in [0.2, 0.25) is 5.91 Å². The van der Waals surface area contributed by atoms with Crippen LogP contribution >= 0.6 is 0 Å². The van der Waals surface area contributed by atoms with Gasteiger partial charge in [0, 0.05) is 48.8 Å². The van der Waals surface area contributed by atoms with Crippen LogP contribution in [0.5, 0.6) is 0 Å². The van der Waals surface area contributed by atoms with Crippen molar-refractivity contribution in [1.29, 1.82) is 0 Å². The van der Waals surface area contributed by atoms with Crippen LogP contribution in [0.1, 0.15) is 18.9 Å². The minimum absolute atomic E-state index is 0.0705. The second-order valence-electron chi connectivity index (χ2n) is 6.84. The Labute approximate surface area is 148 Å². The topological polar surface area (TPSA) is 48.6 Å². The van der Waals surface area contributed by atoms with Gasteiger partial charge < -0.3 is 14.6 Å². The molecule has 2 aromatic rings. The van der Waals surface area contributed by atoms with Gasteiger partial charge in [-0.15, -0.1) is 0 Å². The molecular weight excluding hydrogens is 314 g/mol. The molecule has 5 heteroatoms. The highest BCUT2D eigenvalue weighted by molar-refractivity contribution is 5.92. The van der Waals surface area contributed by atoms with Crippen molar-refractivity contribution in [3.63, 3.8) is 0 Å². The predicted octanol–water partition coefficient (Wildman–Crippen LogP) is 2.50. The van der Waals surface area contributed by atoms with Crippen LogP contribution < -0.4 is 0 Å². The van der Waals surface area contributed by atoms with Gasteiger partial charge in [0.1, 0.15) is 0 Å². The lowest BCUT2D eigenvalue weighted by Crippen LogP contribution is -2.51. The lowest BCUT2D eigenvalue weighted by Gasteiger charge is -2.35. The van der Waals surface area contributed by atoms with Gasteiger partial charge in [-0.2, -0.15) is 0 Å². The van der Waals surface area contributed by atoms with Gasteiger partial charge in [0.25, 0.3) is 0 Å². The van der Waals surface area contributed by atoms with E-state index < -0.39 is 0 Å². The van der Waals surface area contributed by atoms with Crippen molar-refractivity contribution in [2.75, 3.05) is 39.4 Å². The number of benzene rings is 1. The summed E-state index contributed by atoms with van der Waals surface area (Å²) in [5.41, 5.74) is 3.85. The maximum Gasteiger partial charge on any atom is 0.239 e. The average molecular weight is 339 g/mol. The molecule has 0 spiro atoms. The molecule has 0 radical (unpaired) electrons. The van der Waals surface area contributed by atoms with E-state index in [1.807, 2.05) is 11.8 Å². The van der Waals surface area contributed by atoms with Gasteiger partial charge in [0.05, 0.1) is 19.3 Å². The van der Waals surface area contributed by atoms with E-state index in [9.17, 15) is 4.79 Å². The minimum Gasteiger partial charge on any atom is -0.378 e. The standard InChI is InChI=1S/C20H25N3O2/c1-15(20(24)23-10-12-25-13-11-23)22-8-6-16(7-9-22)18-14-21-19-5-3-2-4-17(18)19/h2-6,14-15,21H,7-13H2,1H3. The molecule has 25 heavy (non-hydrogen) atoms. The van der Waals surface area contributed by atoms with Crippen molar-refractivity contribution in [2.24, 2.45) is 0 Å². The quantitative estimate of drug-likeness (QED) is 0.935. The molecule has 3 heterocycles. The van der Waals surface area contributed by atoms with Gasteiger partial charge >= 0.3 is 0 Å². The number of hydrogen-bond donors (Lipinski definition) is 1. The van der Waals surface area contributed by atoms with E-state index in [4.69, 9.17) is 4.74 Å². The number of hydrogen-bond acceptors (Lipinski definition) is 3. The number of carbonyl (C=O) groups excluding carboxylic acids is 1. The molecule has 0 saturated carbocycles. The van der Waals surface area contributed by atoms with Gasteiger partial charge in [-0.1, -0.05) is 24.3 Å². The van der Waals surface area contributed by atoms with Crippen LogP contribution in [0.25, 0.3) is 16.5 Å². The molecule has 5 nitrogen and oxygen atoms in total. The largest absolute Gasteiger partial charge is 0.378 e. The summed E-state index contributed by atoms with van der Waals surface area (Å²) in [5.74, 6) is 0.229. The second kappa shape index (κ2) is 7.02. The molecule has 1 atom stereocenters. The molecule has 0 aliphatic carbocycles. The highest BCUT2D eigenvalue weighted by Gasteiger charge is 2.28. The predicted molar refractivity (Wildman–Crippen MR) is 99.3 cm³/mol. The van der Waals surface area contributed by atoms with Gasteiger partial charge in [-0.25, -0.2) is 0 Å². The van der Waals surface area contributed by atoms with Crippen LogP contribution in [0.3, 0.4) is 0 Å². The summed E-state index contributed by atoms with van der Waals surface area (Å²) in [6, 6.07) is 8.34. The van der Waals surface area contributed by atoms with E-state index in [1.54, 1.807) is 0 Å². The number of aromatic amines is 1. The monoisotopic (exact) mass is 339 g/mol. The smallest absolute Gasteiger partial charge is 0.239 e. The van der Waals surface area contributed by atoms with Crippen molar-refractivity contribution in [1.82, 2.24) is 14.8 Å². The summed E-state index contributed by atoms with van der Waals surface area (Å²) < 4.78 is 5.35. The van der Waals surface area contributed by atoms with Crippen molar-refractivity contribution in [3.05, 3.63) is 42.1 Å². The Morgan fingerprint density at radius 2 is 2.00 bits per heavy atom. The van der Waals surface area contributed by atoms with Crippen LogP contribution in [-0.4, -0.2) is 66.1 Å². The minimum atomic E-state index is -0.0705. The first kappa shape index (κ1) is 16.4. The SMILES string of the molecule is CC(C(=O)N1CCOCC1)N1CC=C(c2c[nH]c3ccccc23)CC1. The van der Waals surface area contributed by atoms with Crippen LogP contribution in [0.4, 0.5) is 0 Å². The molecule has 1 N–H and O–H groups in total. The van der Waals surface area contributed by atoms with Gasteiger partial charge in [0.15, 0.2) is 0 Å². The Hall–Kier alpha value is -2.11. The van der Waals surface area contributed by atoms with Gasteiger partial charge in [-0.3, -0.25) is 9.69 Å². The number of fused-ring (bicyclic) bond motifs is 1. The van der Waals surface area contributed by atoms with E-state index >= 15 is 0 Å². The number of ether oxygens (including phenoxy) is 1. The van der Waals surface area contributed by atoms with Crippen molar-refractivity contribution >= 4 is 22.4 Å². The second-order valence-corrected chi connectivity index (χ2v) is 6.84. The summed E-state index contributed by atoms with van der Waals surface area (Å²) in [6.07, 6.45) is 5.36. The zero-order chi connectivity index (χ0) is 17.2. The number of aromatic nitrogens is 1. The Morgan fingerprint density at radius 3 is 2.76 bits per heavy atom. The molecule has 1 fully saturated rings. The number of rotatable bonds is 3. The van der Waals surface area contributed by atoms with Crippen molar-refractivity contribution in [3.8, 4) is 0 Å². The summed E-state index contributed by atoms with van der Waals surface area (Å²) >= 11 is 0. The highest BCUT2D eigenvalue weighted by Crippen LogP contribution is 2.29. The first-order valence-electron chi connectivity index (χ1n) is 9.10. The Bertz CT molecular complexity index is 789. The Morgan fingerprint density at radius 1 is 1.20 bits per heavy atom. The molecule has 132 valence electrons. The molecule has 0 bridgehead atoms. The normalized spacial score (nSPS) is 20.5. The third-order valence-electron chi connectivity index (χ3n) is 5.40. The first-order chi connectivity index (χ1) is 12.2. The molecule has 2 aliphatic heterocycles. The van der Waals surface area contributed by atoms with Crippen molar-refractivity contribution in [2.45, 2.75) is 19.4 Å². The lowest BCUT2D eigenvalue weighted by molar-refractivity contribution is -0.140. The average Bonchev–Trinajstić information content (AvgIpc) is 3.12. The number of para-hydroxylation sites is 1. The molecule has 4 rings (SSSR count).